The van der Waals surface area contributed by atoms with Crippen molar-refractivity contribution in [1.29, 1.82) is 0 Å². The summed E-state index contributed by atoms with van der Waals surface area (Å²) in [5, 5.41) is 7.51. The first kappa shape index (κ1) is 20.2. The molecule has 0 atom stereocenters. The number of nitrogens with one attached hydrogen (secondary N) is 2. The summed E-state index contributed by atoms with van der Waals surface area (Å²) in [4.78, 5) is 24.2. The van der Waals surface area contributed by atoms with E-state index in [1.807, 2.05) is 54.6 Å². The van der Waals surface area contributed by atoms with Crippen LogP contribution in [0.15, 0.2) is 66.7 Å². The summed E-state index contributed by atoms with van der Waals surface area (Å²) in [5.41, 5.74) is 0.936. The van der Waals surface area contributed by atoms with Crippen LogP contribution in [0, 0.1) is 0 Å². The first-order chi connectivity index (χ1) is 14.2. The largest absolute Gasteiger partial charge is 0.493 e. The van der Waals surface area contributed by atoms with Crippen LogP contribution in [0.3, 0.4) is 0 Å². The average Bonchev–Trinajstić information content (AvgIpc) is 2.76. The van der Waals surface area contributed by atoms with E-state index < -0.39 is 0 Å². The molecule has 0 heterocycles. The van der Waals surface area contributed by atoms with Gasteiger partial charge in [-0.25, -0.2) is 0 Å². The Morgan fingerprint density at radius 3 is 2.38 bits per heavy atom. The number of carbonyl (C=O) groups excluding carboxylic acids is 2. The van der Waals surface area contributed by atoms with Crippen LogP contribution in [0.2, 0.25) is 0 Å². The van der Waals surface area contributed by atoms with Gasteiger partial charge in [0.15, 0.2) is 11.5 Å². The van der Waals surface area contributed by atoms with E-state index in [4.69, 9.17) is 9.47 Å². The molecule has 0 aliphatic rings. The highest BCUT2D eigenvalue weighted by atomic mass is 16.5. The number of fused-ring (bicyclic) bond motifs is 1. The summed E-state index contributed by atoms with van der Waals surface area (Å²) in [6, 6.07) is 21.1. The maximum atomic E-state index is 12.2. The first-order valence-electron chi connectivity index (χ1n) is 9.43. The molecule has 2 amide bonds. The summed E-state index contributed by atoms with van der Waals surface area (Å²) in [6.07, 6.45) is 0.228. The molecule has 3 rings (SSSR count). The van der Waals surface area contributed by atoms with Crippen molar-refractivity contribution in [2.75, 3.05) is 26.8 Å². The maximum absolute atomic E-state index is 12.2. The van der Waals surface area contributed by atoms with Gasteiger partial charge in [-0.15, -0.1) is 0 Å². The SMILES string of the molecule is COc1ccccc1OCCNC(=O)CNC(=O)Cc1cccc2ccccc12. The topological polar surface area (TPSA) is 76.7 Å². The number of ether oxygens (including phenoxy) is 2. The van der Waals surface area contributed by atoms with Crippen molar-refractivity contribution in [3.8, 4) is 11.5 Å². The second-order valence-electron chi connectivity index (χ2n) is 6.44. The fourth-order valence-corrected chi connectivity index (χ4v) is 3.01. The molecule has 6 heteroatoms. The van der Waals surface area contributed by atoms with Gasteiger partial charge in [-0.2, -0.15) is 0 Å². The Balaban J connectivity index is 1.39. The lowest BCUT2D eigenvalue weighted by Crippen LogP contribution is -2.39. The predicted molar refractivity (Wildman–Crippen MR) is 112 cm³/mol. The van der Waals surface area contributed by atoms with Crippen molar-refractivity contribution in [3.05, 3.63) is 72.3 Å². The number of benzene rings is 3. The molecule has 150 valence electrons. The second-order valence-corrected chi connectivity index (χ2v) is 6.44. The van der Waals surface area contributed by atoms with Gasteiger partial charge in [0.05, 0.1) is 26.6 Å². The number of amides is 2. The summed E-state index contributed by atoms with van der Waals surface area (Å²) < 4.78 is 10.8. The van der Waals surface area contributed by atoms with Gasteiger partial charge in [0, 0.05) is 0 Å². The lowest BCUT2D eigenvalue weighted by molar-refractivity contribution is -0.125. The highest BCUT2D eigenvalue weighted by Gasteiger charge is 2.09. The molecule has 0 aromatic heterocycles. The quantitative estimate of drug-likeness (QED) is 0.549. The number of rotatable bonds is 9. The van der Waals surface area contributed by atoms with Gasteiger partial charge in [0.1, 0.15) is 6.61 Å². The van der Waals surface area contributed by atoms with Gasteiger partial charge in [0.2, 0.25) is 11.8 Å². The Kier molecular flexibility index (Phi) is 7.05. The Labute approximate surface area is 169 Å². The van der Waals surface area contributed by atoms with Crippen LogP contribution < -0.4 is 20.1 Å². The Morgan fingerprint density at radius 1 is 0.828 bits per heavy atom. The summed E-state index contributed by atoms with van der Waals surface area (Å²) in [5.74, 6) is 0.800. The van der Waals surface area contributed by atoms with E-state index in [0.717, 1.165) is 16.3 Å². The molecular formula is C23H24N2O4. The van der Waals surface area contributed by atoms with Crippen LogP contribution in [0.1, 0.15) is 5.56 Å². The molecule has 2 N–H and O–H groups in total. The zero-order valence-electron chi connectivity index (χ0n) is 16.3. The van der Waals surface area contributed by atoms with Gasteiger partial charge in [-0.3, -0.25) is 9.59 Å². The van der Waals surface area contributed by atoms with Crippen molar-refractivity contribution >= 4 is 22.6 Å². The third-order valence-electron chi connectivity index (χ3n) is 4.43. The summed E-state index contributed by atoms with van der Waals surface area (Å²) in [7, 11) is 1.57. The van der Waals surface area contributed by atoms with Crippen LogP contribution in [0.25, 0.3) is 10.8 Å². The fourth-order valence-electron chi connectivity index (χ4n) is 3.01. The monoisotopic (exact) mass is 392 g/mol. The molecule has 0 fully saturated rings. The molecule has 0 unspecified atom stereocenters. The summed E-state index contributed by atoms with van der Waals surface area (Å²) in [6.45, 7) is 0.560. The molecule has 0 radical (unpaired) electrons. The van der Waals surface area contributed by atoms with Gasteiger partial charge >= 0.3 is 0 Å². The van der Waals surface area contributed by atoms with Gasteiger partial charge in [-0.1, -0.05) is 54.6 Å². The van der Waals surface area contributed by atoms with E-state index >= 15 is 0 Å². The van der Waals surface area contributed by atoms with Crippen LogP contribution in [0.4, 0.5) is 0 Å². The van der Waals surface area contributed by atoms with E-state index in [1.54, 1.807) is 19.2 Å². The molecule has 0 saturated carbocycles. The minimum Gasteiger partial charge on any atom is -0.493 e. The van der Waals surface area contributed by atoms with E-state index in [-0.39, 0.29) is 24.8 Å². The molecule has 3 aromatic rings. The number of methoxy groups -OCH3 is 1. The first-order valence-corrected chi connectivity index (χ1v) is 9.43. The molecular weight excluding hydrogens is 368 g/mol. The van der Waals surface area contributed by atoms with E-state index in [9.17, 15) is 9.59 Å². The highest BCUT2D eigenvalue weighted by Crippen LogP contribution is 2.25. The van der Waals surface area contributed by atoms with Gasteiger partial charge in [0.25, 0.3) is 0 Å². The van der Waals surface area contributed by atoms with Crippen molar-refractivity contribution in [1.82, 2.24) is 10.6 Å². The predicted octanol–water partition coefficient (Wildman–Crippen LogP) is 2.70. The normalized spacial score (nSPS) is 10.4. The maximum Gasteiger partial charge on any atom is 0.239 e. The molecule has 0 spiro atoms. The number of hydrogen-bond donors (Lipinski definition) is 2. The number of para-hydroxylation sites is 2. The Hall–Kier alpha value is -3.54. The van der Waals surface area contributed by atoms with Crippen molar-refractivity contribution < 1.29 is 19.1 Å². The van der Waals surface area contributed by atoms with Gasteiger partial charge < -0.3 is 20.1 Å². The molecule has 0 aliphatic carbocycles. The highest BCUT2D eigenvalue weighted by molar-refractivity contribution is 5.91. The average molecular weight is 392 g/mol. The standard InChI is InChI=1S/C23H24N2O4/c1-28-20-11-4-5-12-21(20)29-14-13-24-23(27)16-25-22(26)15-18-9-6-8-17-7-2-3-10-19(17)18/h2-12H,13-16H2,1H3,(H,24,27)(H,25,26). The second kappa shape index (κ2) is 10.1. The van der Waals surface area contributed by atoms with Crippen LogP contribution in [-0.4, -0.2) is 38.6 Å². The van der Waals surface area contributed by atoms with E-state index in [1.165, 1.54) is 0 Å². The summed E-state index contributed by atoms with van der Waals surface area (Å²) >= 11 is 0. The Bertz CT molecular complexity index is 982. The fraction of sp³-hybridized carbons (Fsp3) is 0.217. The zero-order valence-corrected chi connectivity index (χ0v) is 16.3. The van der Waals surface area contributed by atoms with Crippen LogP contribution >= 0.6 is 0 Å². The molecule has 3 aromatic carbocycles. The van der Waals surface area contributed by atoms with Crippen molar-refractivity contribution in [3.63, 3.8) is 0 Å². The zero-order chi connectivity index (χ0) is 20.5. The lowest BCUT2D eigenvalue weighted by atomic mass is 10.0. The molecule has 29 heavy (non-hydrogen) atoms. The number of carbonyl (C=O) groups is 2. The molecule has 0 saturated heterocycles. The molecule has 0 aliphatic heterocycles. The number of hydrogen-bond acceptors (Lipinski definition) is 4. The third-order valence-corrected chi connectivity index (χ3v) is 4.43. The van der Waals surface area contributed by atoms with Crippen LogP contribution in [0.5, 0.6) is 11.5 Å². The Morgan fingerprint density at radius 2 is 1.55 bits per heavy atom. The minimum atomic E-state index is -0.264. The van der Waals surface area contributed by atoms with E-state index in [0.29, 0.717) is 24.7 Å². The third kappa shape index (κ3) is 5.72. The molecule has 0 bridgehead atoms. The van der Waals surface area contributed by atoms with Crippen LogP contribution in [-0.2, 0) is 16.0 Å². The lowest BCUT2D eigenvalue weighted by Gasteiger charge is -2.11. The van der Waals surface area contributed by atoms with Gasteiger partial charge in [-0.05, 0) is 28.5 Å². The van der Waals surface area contributed by atoms with Crippen molar-refractivity contribution in [2.24, 2.45) is 0 Å². The minimum absolute atomic E-state index is 0.0712. The smallest absolute Gasteiger partial charge is 0.239 e. The van der Waals surface area contributed by atoms with E-state index in [2.05, 4.69) is 10.6 Å². The molecule has 6 nitrogen and oxygen atoms in total. The van der Waals surface area contributed by atoms with Crippen molar-refractivity contribution in [2.45, 2.75) is 6.42 Å².